The first kappa shape index (κ1) is 17.9. The molecule has 0 radical (unpaired) electrons. The lowest BCUT2D eigenvalue weighted by molar-refractivity contribution is -0.118. The van der Waals surface area contributed by atoms with Gasteiger partial charge in [0.15, 0.2) is 0 Å². The Morgan fingerprint density at radius 3 is 2.64 bits per heavy atom. The number of nitrogens with one attached hydrogen (secondary N) is 1. The third kappa shape index (κ3) is 3.51. The lowest BCUT2D eigenvalue weighted by Gasteiger charge is -2.17. The average molecular weight is 376 g/mol. The van der Waals surface area contributed by atoms with Crippen molar-refractivity contribution in [2.24, 2.45) is 0 Å². The molecule has 142 valence electrons. The van der Waals surface area contributed by atoms with Crippen molar-refractivity contribution in [1.82, 2.24) is 15.5 Å². The van der Waals surface area contributed by atoms with Gasteiger partial charge in [-0.05, 0) is 43.7 Å². The van der Waals surface area contributed by atoms with Crippen LogP contribution in [-0.2, 0) is 4.79 Å². The maximum absolute atomic E-state index is 12.7. The number of hydrogen-bond acceptors (Lipinski definition) is 5. The molecule has 1 fully saturated rings. The summed E-state index contributed by atoms with van der Waals surface area (Å²) >= 11 is 0. The highest BCUT2D eigenvalue weighted by Gasteiger charge is 2.33. The first-order valence-corrected chi connectivity index (χ1v) is 9.11. The van der Waals surface area contributed by atoms with Gasteiger partial charge in [0.2, 0.25) is 17.7 Å². The van der Waals surface area contributed by atoms with Gasteiger partial charge in [0, 0.05) is 30.3 Å². The van der Waals surface area contributed by atoms with E-state index in [1.165, 1.54) is 0 Å². The van der Waals surface area contributed by atoms with Gasteiger partial charge in [0.1, 0.15) is 6.04 Å². The van der Waals surface area contributed by atoms with Gasteiger partial charge in [-0.25, -0.2) is 0 Å². The molecule has 1 atom stereocenters. The van der Waals surface area contributed by atoms with Crippen LogP contribution in [0.15, 0.2) is 52.9 Å². The number of aryl methyl sites for hydroxylation is 2. The summed E-state index contributed by atoms with van der Waals surface area (Å²) in [6.07, 6.45) is 0.570. The van der Waals surface area contributed by atoms with E-state index in [0.717, 1.165) is 11.3 Å². The summed E-state index contributed by atoms with van der Waals surface area (Å²) in [5.74, 6) is 0.412. The predicted octanol–water partition coefficient (Wildman–Crippen LogP) is 2.89. The Morgan fingerprint density at radius 1 is 1.14 bits per heavy atom. The van der Waals surface area contributed by atoms with Crippen molar-refractivity contribution in [2.75, 3.05) is 11.4 Å². The molecule has 1 aromatic heterocycles. The van der Waals surface area contributed by atoms with Crippen LogP contribution in [0.2, 0.25) is 0 Å². The SMILES string of the molecule is Cc1ccc(N2CCC(NC(=O)c3cccc(-c4nnc(C)o4)c3)C2=O)cc1. The van der Waals surface area contributed by atoms with E-state index in [9.17, 15) is 9.59 Å². The van der Waals surface area contributed by atoms with Gasteiger partial charge in [0.25, 0.3) is 5.91 Å². The molecule has 1 aliphatic rings. The first-order chi connectivity index (χ1) is 13.5. The Morgan fingerprint density at radius 2 is 1.93 bits per heavy atom. The van der Waals surface area contributed by atoms with E-state index in [4.69, 9.17) is 4.42 Å². The van der Waals surface area contributed by atoms with Crippen molar-refractivity contribution in [3.8, 4) is 11.5 Å². The van der Waals surface area contributed by atoms with Crippen molar-refractivity contribution in [3.05, 3.63) is 65.5 Å². The van der Waals surface area contributed by atoms with Crippen LogP contribution in [0.1, 0.15) is 28.2 Å². The summed E-state index contributed by atoms with van der Waals surface area (Å²) in [6.45, 7) is 4.29. The minimum Gasteiger partial charge on any atom is -0.421 e. The largest absolute Gasteiger partial charge is 0.421 e. The monoisotopic (exact) mass is 376 g/mol. The normalized spacial score (nSPS) is 16.4. The molecule has 0 bridgehead atoms. The fourth-order valence-electron chi connectivity index (χ4n) is 3.24. The molecular formula is C21H20N4O3. The quantitative estimate of drug-likeness (QED) is 0.756. The maximum atomic E-state index is 12.7. The van der Waals surface area contributed by atoms with Crippen molar-refractivity contribution in [3.63, 3.8) is 0 Å². The topological polar surface area (TPSA) is 88.3 Å². The molecule has 1 aliphatic heterocycles. The van der Waals surface area contributed by atoms with Crippen molar-refractivity contribution >= 4 is 17.5 Å². The Kier molecular flexibility index (Phi) is 4.65. The number of carbonyl (C=O) groups excluding carboxylic acids is 2. The molecule has 0 saturated carbocycles. The van der Waals surface area contributed by atoms with E-state index in [-0.39, 0.29) is 11.8 Å². The Hall–Kier alpha value is -3.48. The molecule has 4 rings (SSSR count). The number of aromatic nitrogens is 2. The van der Waals surface area contributed by atoms with E-state index in [2.05, 4.69) is 15.5 Å². The number of benzene rings is 2. The van der Waals surface area contributed by atoms with Crippen LogP contribution in [0.4, 0.5) is 5.69 Å². The van der Waals surface area contributed by atoms with Gasteiger partial charge < -0.3 is 14.6 Å². The molecule has 1 N–H and O–H groups in total. The molecule has 1 saturated heterocycles. The molecule has 1 unspecified atom stereocenters. The Labute approximate surface area is 162 Å². The van der Waals surface area contributed by atoms with E-state index >= 15 is 0 Å². The van der Waals surface area contributed by atoms with Crippen molar-refractivity contribution < 1.29 is 14.0 Å². The lowest BCUT2D eigenvalue weighted by atomic mass is 10.1. The molecule has 7 heteroatoms. The van der Waals surface area contributed by atoms with E-state index < -0.39 is 6.04 Å². The maximum Gasteiger partial charge on any atom is 0.251 e. The van der Waals surface area contributed by atoms with Crippen LogP contribution in [-0.4, -0.2) is 34.6 Å². The number of hydrogen-bond donors (Lipinski definition) is 1. The summed E-state index contributed by atoms with van der Waals surface area (Å²) < 4.78 is 5.41. The van der Waals surface area contributed by atoms with Crippen LogP contribution in [0, 0.1) is 13.8 Å². The molecule has 3 aromatic rings. The fourth-order valence-corrected chi connectivity index (χ4v) is 3.24. The second kappa shape index (κ2) is 7.26. The molecular weight excluding hydrogens is 356 g/mol. The number of carbonyl (C=O) groups is 2. The van der Waals surface area contributed by atoms with Gasteiger partial charge in [-0.3, -0.25) is 9.59 Å². The third-order valence-electron chi connectivity index (χ3n) is 4.75. The van der Waals surface area contributed by atoms with Crippen LogP contribution < -0.4 is 10.2 Å². The van der Waals surface area contributed by atoms with Crippen LogP contribution in [0.25, 0.3) is 11.5 Å². The first-order valence-electron chi connectivity index (χ1n) is 9.11. The third-order valence-corrected chi connectivity index (χ3v) is 4.75. The predicted molar refractivity (Wildman–Crippen MR) is 104 cm³/mol. The van der Waals surface area contributed by atoms with Crippen LogP contribution >= 0.6 is 0 Å². The molecule has 2 amide bonds. The summed E-state index contributed by atoms with van der Waals surface area (Å²) in [4.78, 5) is 27.1. The molecule has 0 spiro atoms. The van der Waals surface area contributed by atoms with Gasteiger partial charge in [0.05, 0.1) is 0 Å². The minimum absolute atomic E-state index is 0.0964. The second-order valence-electron chi connectivity index (χ2n) is 6.85. The highest BCUT2D eigenvalue weighted by atomic mass is 16.4. The van der Waals surface area contributed by atoms with E-state index in [1.54, 1.807) is 36.1 Å². The molecule has 0 aliphatic carbocycles. The second-order valence-corrected chi connectivity index (χ2v) is 6.85. The van der Waals surface area contributed by atoms with E-state index in [1.807, 2.05) is 31.2 Å². The number of rotatable bonds is 4. The standard InChI is InChI=1S/C21H20N4O3/c1-13-6-8-17(9-7-13)25-11-10-18(21(25)27)22-19(26)15-4-3-5-16(12-15)20-24-23-14(2)28-20/h3-9,12,18H,10-11H2,1-2H3,(H,22,26). The molecule has 2 aromatic carbocycles. The van der Waals surface area contributed by atoms with Gasteiger partial charge in [-0.2, -0.15) is 0 Å². The Balaban J connectivity index is 1.47. The summed E-state index contributed by atoms with van der Waals surface area (Å²) in [6, 6.07) is 14.2. The van der Waals surface area contributed by atoms with Gasteiger partial charge in [-0.1, -0.05) is 23.8 Å². The molecule has 28 heavy (non-hydrogen) atoms. The zero-order valence-electron chi connectivity index (χ0n) is 15.7. The summed E-state index contributed by atoms with van der Waals surface area (Å²) in [5.41, 5.74) is 3.08. The zero-order valence-corrected chi connectivity index (χ0v) is 15.7. The molecule has 2 heterocycles. The average Bonchev–Trinajstić information content (AvgIpc) is 3.29. The lowest BCUT2D eigenvalue weighted by Crippen LogP contribution is -2.41. The molecule has 7 nitrogen and oxygen atoms in total. The highest BCUT2D eigenvalue weighted by Crippen LogP contribution is 2.23. The van der Waals surface area contributed by atoms with Crippen molar-refractivity contribution in [2.45, 2.75) is 26.3 Å². The minimum atomic E-state index is -0.539. The van der Waals surface area contributed by atoms with Gasteiger partial charge in [-0.15, -0.1) is 10.2 Å². The zero-order chi connectivity index (χ0) is 19.7. The summed E-state index contributed by atoms with van der Waals surface area (Å²) in [5, 5.41) is 10.6. The highest BCUT2D eigenvalue weighted by molar-refractivity contribution is 6.04. The van der Waals surface area contributed by atoms with Crippen LogP contribution in [0.5, 0.6) is 0 Å². The smallest absolute Gasteiger partial charge is 0.251 e. The van der Waals surface area contributed by atoms with Crippen molar-refractivity contribution in [1.29, 1.82) is 0 Å². The van der Waals surface area contributed by atoms with Gasteiger partial charge >= 0.3 is 0 Å². The number of amides is 2. The number of anilines is 1. The Bertz CT molecular complexity index is 1030. The summed E-state index contributed by atoms with van der Waals surface area (Å²) in [7, 11) is 0. The van der Waals surface area contributed by atoms with E-state index in [0.29, 0.717) is 35.9 Å². The van der Waals surface area contributed by atoms with Crippen LogP contribution in [0.3, 0.4) is 0 Å². The fraction of sp³-hybridized carbons (Fsp3) is 0.238. The number of nitrogens with zero attached hydrogens (tertiary/aromatic N) is 3.